The van der Waals surface area contributed by atoms with Gasteiger partial charge in [-0.05, 0) is 30.4 Å². The van der Waals surface area contributed by atoms with Gasteiger partial charge in [0.05, 0.1) is 5.41 Å². The molecule has 3 nitrogen and oxygen atoms in total. The van der Waals surface area contributed by atoms with Crippen LogP contribution in [0.4, 0.5) is 0 Å². The van der Waals surface area contributed by atoms with Crippen LogP contribution in [0.2, 0.25) is 0 Å². The molecule has 1 unspecified atom stereocenters. The van der Waals surface area contributed by atoms with Gasteiger partial charge in [0.1, 0.15) is 12.1 Å². The molecule has 1 aromatic rings. The number of nitrogens with zero attached hydrogens (tertiary/aromatic N) is 1. The summed E-state index contributed by atoms with van der Waals surface area (Å²) >= 11 is 0. The summed E-state index contributed by atoms with van der Waals surface area (Å²) in [4.78, 5) is 23.6. The van der Waals surface area contributed by atoms with Crippen molar-refractivity contribution in [1.29, 1.82) is 0 Å². The number of aryl methyl sites for hydroxylation is 1. The van der Waals surface area contributed by atoms with Gasteiger partial charge in [-0.25, -0.2) is 0 Å². The molecule has 2 rings (SSSR count). The van der Waals surface area contributed by atoms with E-state index in [0.29, 0.717) is 5.57 Å². The summed E-state index contributed by atoms with van der Waals surface area (Å²) < 4.78 is 1.97. The zero-order chi connectivity index (χ0) is 14.2. The number of rotatable bonds is 3. The van der Waals surface area contributed by atoms with E-state index in [1.807, 2.05) is 56.8 Å². The number of fused-ring (bicyclic) bond motifs is 1. The Morgan fingerprint density at radius 3 is 2.63 bits per heavy atom. The van der Waals surface area contributed by atoms with Gasteiger partial charge in [0.2, 0.25) is 0 Å². The van der Waals surface area contributed by atoms with Crippen LogP contribution >= 0.6 is 0 Å². The zero-order valence-corrected chi connectivity index (χ0v) is 11.8. The van der Waals surface area contributed by atoms with Crippen molar-refractivity contribution in [2.24, 2.45) is 18.4 Å². The Kier molecular flexibility index (Phi) is 3.31. The molecule has 1 heterocycles. The molecular formula is C16H19NO2. The third-order valence-electron chi connectivity index (χ3n) is 3.57. The van der Waals surface area contributed by atoms with E-state index in [0.717, 1.165) is 16.9 Å². The third-order valence-corrected chi connectivity index (χ3v) is 3.57. The van der Waals surface area contributed by atoms with Crippen LogP contribution in [-0.2, 0) is 16.6 Å². The Morgan fingerprint density at radius 2 is 2.05 bits per heavy atom. The van der Waals surface area contributed by atoms with E-state index < -0.39 is 5.41 Å². The number of ketones is 1. The van der Waals surface area contributed by atoms with Crippen LogP contribution in [0.25, 0.3) is 12.2 Å². The molecule has 3 heteroatoms. The minimum atomic E-state index is -0.738. The van der Waals surface area contributed by atoms with Crippen molar-refractivity contribution in [3.63, 3.8) is 0 Å². The van der Waals surface area contributed by atoms with Gasteiger partial charge >= 0.3 is 0 Å². The van der Waals surface area contributed by atoms with Crippen LogP contribution in [0, 0.1) is 11.3 Å². The molecule has 0 aliphatic heterocycles. The Bertz CT molecular complexity index is 676. The lowest BCUT2D eigenvalue weighted by Gasteiger charge is -2.22. The Labute approximate surface area is 112 Å². The summed E-state index contributed by atoms with van der Waals surface area (Å²) in [7, 11) is 1.94. The maximum atomic E-state index is 12.5. The highest BCUT2D eigenvalue weighted by atomic mass is 16.1. The fraction of sp³-hybridized carbons (Fsp3) is 0.375. The first-order valence-electron chi connectivity index (χ1n) is 6.45. The van der Waals surface area contributed by atoms with Gasteiger partial charge in [0.25, 0.3) is 0 Å². The summed E-state index contributed by atoms with van der Waals surface area (Å²) in [5.74, 6) is 0.0431. The predicted molar refractivity (Wildman–Crippen MR) is 75.7 cm³/mol. The summed E-state index contributed by atoms with van der Waals surface area (Å²) in [6.45, 7) is 5.64. The molecule has 0 fully saturated rings. The highest BCUT2D eigenvalue weighted by Gasteiger charge is 2.31. The number of hydrogen-bond acceptors (Lipinski definition) is 2. The maximum absolute atomic E-state index is 12.5. The van der Waals surface area contributed by atoms with Crippen LogP contribution in [0.15, 0.2) is 23.9 Å². The van der Waals surface area contributed by atoms with E-state index in [-0.39, 0.29) is 11.7 Å². The van der Waals surface area contributed by atoms with Crippen LogP contribution < -0.4 is 10.6 Å². The maximum Gasteiger partial charge on any atom is 0.149 e. The van der Waals surface area contributed by atoms with Gasteiger partial charge in [-0.15, -0.1) is 0 Å². The lowest BCUT2D eigenvalue weighted by molar-refractivity contribution is -0.126. The molecule has 19 heavy (non-hydrogen) atoms. The van der Waals surface area contributed by atoms with Crippen LogP contribution in [0.1, 0.15) is 20.8 Å². The number of hydrogen-bond donors (Lipinski definition) is 0. The summed E-state index contributed by atoms with van der Waals surface area (Å²) in [5.41, 5.74) is -0.184. The second-order valence-electron chi connectivity index (χ2n) is 5.62. The molecule has 1 aliphatic carbocycles. The van der Waals surface area contributed by atoms with Gasteiger partial charge in [-0.3, -0.25) is 9.59 Å². The normalized spacial score (nSPS) is 21.8. The van der Waals surface area contributed by atoms with Crippen LogP contribution in [0.3, 0.4) is 0 Å². The van der Waals surface area contributed by atoms with Crippen molar-refractivity contribution in [3.05, 3.63) is 34.5 Å². The van der Waals surface area contributed by atoms with Crippen LogP contribution in [-0.4, -0.2) is 16.6 Å². The lowest BCUT2D eigenvalue weighted by atomic mass is 9.79. The number of allylic oxidation sites excluding steroid dienone is 2. The molecule has 1 aromatic heterocycles. The number of carbonyl (C=O) groups is 2. The summed E-state index contributed by atoms with van der Waals surface area (Å²) in [6.07, 6.45) is 8.30. The largest absolute Gasteiger partial charge is 0.351 e. The molecule has 1 atom stereocenters. The lowest BCUT2D eigenvalue weighted by Crippen LogP contribution is -2.34. The van der Waals surface area contributed by atoms with Crippen molar-refractivity contribution >= 4 is 24.2 Å². The molecular weight excluding hydrogens is 238 g/mol. The first kappa shape index (κ1) is 13.5. The molecule has 0 aromatic carbocycles. The Hall–Kier alpha value is -1.90. The highest BCUT2D eigenvalue weighted by molar-refractivity contribution is 5.97. The van der Waals surface area contributed by atoms with Gasteiger partial charge in [0, 0.05) is 30.1 Å². The monoisotopic (exact) mass is 257 g/mol. The Morgan fingerprint density at radius 1 is 1.37 bits per heavy atom. The van der Waals surface area contributed by atoms with Gasteiger partial charge < -0.3 is 4.57 Å². The van der Waals surface area contributed by atoms with E-state index in [9.17, 15) is 9.59 Å². The molecule has 0 N–H and O–H groups in total. The topological polar surface area (TPSA) is 39.1 Å². The number of aromatic nitrogens is 1. The average Bonchev–Trinajstić information content (AvgIpc) is 2.61. The van der Waals surface area contributed by atoms with E-state index in [2.05, 4.69) is 0 Å². The summed E-state index contributed by atoms with van der Waals surface area (Å²) in [5, 5.41) is 1.95. The molecule has 0 spiro atoms. The molecule has 0 saturated heterocycles. The molecule has 100 valence electrons. The van der Waals surface area contributed by atoms with Crippen molar-refractivity contribution in [2.75, 3.05) is 0 Å². The quantitative estimate of drug-likeness (QED) is 0.757. The SMILES string of the molecule is CC(C)C(=O)C1(C)C=C(C=O)C=c2ccn(C)c2=C1. The fourth-order valence-electron chi connectivity index (χ4n) is 2.59. The minimum Gasteiger partial charge on any atom is -0.351 e. The second-order valence-corrected chi connectivity index (χ2v) is 5.62. The van der Waals surface area contributed by atoms with Crippen molar-refractivity contribution in [1.82, 2.24) is 4.57 Å². The first-order valence-corrected chi connectivity index (χ1v) is 6.45. The number of aldehydes is 1. The molecule has 0 saturated carbocycles. The summed E-state index contributed by atoms with van der Waals surface area (Å²) in [6, 6.07) is 1.95. The smallest absolute Gasteiger partial charge is 0.149 e. The minimum absolute atomic E-state index is 0.0766. The number of carbonyl (C=O) groups excluding carboxylic acids is 2. The molecule has 1 aliphatic rings. The van der Waals surface area contributed by atoms with Gasteiger partial charge in [-0.1, -0.05) is 19.9 Å². The van der Waals surface area contributed by atoms with Crippen molar-refractivity contribution in [3.8, 4) is 0 Å². The molecule has 0 radical (unpaired) electrons. The predicted octanol–water partition coefficient (Wildman–Crippen LogP) is 0.956. The van der Waals surface area contributed by atoms with E-state index in [1.165, 1.54) is 0 Å². The third kappa shape index (κ3) is 2.33. The van der Waals surface area contributed by atoms with Gasteiger partial charge in [0.15, 0.2) is 0 Å². The van der Waals surface area contributed by atoms with E-state index >= 15 is 0 Å². The second kappa shape index (κ2) is 4.65. The average molecular weight is 257 g/mol. The van der Waals surface area contributed by atoms with Crippen molar-refractivity contribution < 1.29 is 9.59 Å². The zero-order valence-electron chi connectivity index (χ0n) is 11.8. The number of Topliss-reactive ketones (excluding diaryl/α,β-unsaturated/α-hetero) is 1. The molecule has 0 amide bonds. The van der Waals surface area contributed by atoms with Gasteiger partial charge in [-0.2, -0.15) is 0 Å². The standard InChI is InChI=1S/C16H19NO2/c1-11(2)15(19)16(3)8-12(10-18)7-13-5-6-17(4)14(13)9-16/h5-11H,1-4H3. The van der Waals surface area contributed by atoms with E-state index in [1.54, 1.807) is 6.08 Å². The highest BCUT2D eigenvalue weighted by Crippen LogP contribution is 2.28. The fourth-order valence-corrected chi connectivity index (χ4v) is 2.59. The Balaban J connectivity index is 2.76. The van der Waals surface area contributed by atoms with Crippen molar-refractivity contribution in [2.45, 2.75) is 20.8 Å². The first-order chi connectivity index (χ1) is 8.87. The molecule has 0 bridgehead atoms. The van der Waals surface area contributed by atoms with Crippen LogP contribution in [0.5, 0.6) is 0 Å². The van der Waals surface area contributed by atoms with E-state index in [4.69, 9.17) is 0 Å².